The first-order valence-corrected chi connectivity index (χ1v) is 16.2. The van der Waals surface area contributed by atoms with Gasteiger partial charge >= 0.3 is 0 Å². The van der Waals surface area contributed by atoms with Crippen molar-refractivity contribution in [3.8, 4) is 23.1 Å². The van der Waals surface area contributed by atoms with Crippen LogP contribution in [-0.2, 0) is 24.1 Å². The monoisotopic (exact) mass is 631 g/mol. The van der Waals surface area contributed by atoms with E-state index in [1.807, 2.05) is 24.1 Å². The van der Waals surface area contributed by atoms with E-state index < -0.39 is 17.9 Å². The predicted octanol–water partition coefficient (Wildman–Crippen LogP) is 6.19. The highest BCUT2D eigenvalue weighted by molar-refractivity contribution is 6.34. The second-order valence-electron chi connectivity index (χ2n) is 12.8. The van der Waals surface area contributed by atoms with Crippen molar-refractivity contribution >= 4 is 34.1 Å². The number of nitriles is 1. The fourth-order valence-corrected chi connectivity index (χ4v) is 8.14. The van der Waals surface area contributed by atoms with E-state index in [1.165, 1.54) is 17.5 Å². The Morgan fingerprint density at radius 1 is 1.20 bits per heavy atom. The molecule has 0 saturated carbocycles. The summed E-state index contributed by atoms with van der Waals surface area (Å²) in [5.41, 5.74) is 6.81. The summed E-state index contributed by atoms with van der Waals surface area (Å²) in [5.74, 6) is -1.28. The van der Waals surface area contributed by atoms with Gasteiger partial charge in [-0.05, 0) is 74.4 Å². The van der Waals surface area contributed by atoms with E-state index in [9.17, 15) is 18.8 Å². The Kier molecular flexibility index (Phi) is 7.91. The van der Waals surface area contributed by atoms with E-state index in [4.69, 9.17) is 21.3 Å². The molecule has 7 nitrogen and oxygen atoms in total. The summed E-state index contributed by atoms with van der Waals surface area (Å²) < 4.78 is 34.4. The highest BCUT2D eigenvalue weighted by atomic mass is 35.5. The minimum atomic E-state index is -0.959. The van der Waals surface area contributed by atoms with Crippen LogP contribution in [0.1, 0.15) is 42.4 Å². The maximum absolute atomic E-state index is 14.2. The molecule has 0 N–H and O–H groups in total. The van der Waals surface area contributed by atoms with Crippen LogP contribution in [0.2, 0.25) is 5.02 Å². The fraction of sp³-hybridized carbons (Fsp3) is 0.457. The quantitative estimate of drug-likeness (QED) is 0.290. The van der Waals surface area contributed by atoms with Gasteiger partial charge in [0.15, 0.2) is 5.83 Å². The number of pyridine rings is 1. The molecule has 4 heterocycles. The molecule has 3 fully saturated rings. The molecule has 1 aromatic heterocycles. The number of carbonyl (C=O) groups excluding carboxylic acids is 1. The van der Waals surface area contributed by atoms with Crippen LogP contribution < -0.4 is 9.64 Å². The number of likely N-dealkylation sites (tertiary alicyclic amines) is 2. The van der Waals surface area contributed by atoms with E-state index in [0.29, 0.717) is 54.5 Å². The average molecular weight is 632 g/mol. The van der Waals surface area contributed by atoms with Crippen LogP contribution in [0.4, 0.5) is 14.5 Å². The molecule has 0 radical (unpaired) electrons. The van der Waals surface area contributed by atoms with Crippen LogP contribution in [0.3, 0.4) is 0 Å². The Morgan fingerprint density at radius 3 is 2.78 bits per heavy atom. The molecular formula is C35H36ClF2N5O2. The minimum absolute atomic E-state index is 0.0449. The van der Waals surface area contributed by atoms with Crippen molar-refractivity contribution in [1.29, 1.82) is 5.26 Å². The Hall–Kier alpha value is -3.74. The molecule has 3 aromatic rings. The highest BCUT2D eigenvalue weighted by Crippen LogP contribution is 2.47. The van der Waals surface area contributed by atoms with Crippen molar-refractivity contribution in [1.82, 2.24) is 14.8 Å². The number of fused-ring (bicyclic) bond motifs is 3. The molecule has 3 aliphatic heterocycles. The summed E-state index contributed by atoms with van der Waals surface area (Å²) in [6, 6.07) is 12.3. The number of anilines is 1. The summed E-state index contributed by atoms with van der Waals surface area (Å²) in [6.45, 7) is 4.71. The average Bonchev–Trinajstić information content (AvgIpc) is 3.52. The summed E-state index contributed by atoms with van der Waals surface area (Å²) in [5, 5.41) is 11.3. The van der Waals surface area contributed by atoms with Crippen LogP contribution in [-0.4, -0.2) is 78.3 Å². The Balaban J connectivity index is 1.34. The van der Waals surface area contributed by atoms with Crippen molar-refractivity contribution in [2.45, 2.75) is 69.2 Å². The first-order valence-electron chi connectivity index (χ1n) is 15.8. The molecular weight excluding hydrogens is 596 g/mol. The molecule has 0 unspecified atom stereocenters. The van der Waals surface area contributed by atoms with E-state index in [1.54, 1.807) is 4.90 Å². The van der Waals surface area contributed by atoms with Crippen molar-refractivity contribution in [2.75, 3.05) is 38.2 Å². The molecule has 2 aromatic carbocycles. The van der Waals surface area contributed by atoms with Gasteiger partial charge in [0.2, 0.25) is 5.88 Å². The molecule has 3 saturated heterocycles. The molecule has 4 aliphatic rings. The van der Waals surface area contributed by atoms with Gasteiger partial charge in [0.1, 0.15) is 12.8 Å². The van der Waals surface area contributed by atoms with Gasteiger partial charge < -0.3 is 14.5 Å². The number of nitrogens with zero attached hydrogens (tertiary/aromatic N) is 5. The van der Waals surface area contributed by atoms with Gasteiger partial charge in [0.25, 0.3) is 5.91 Å². The second kappa shape index (κ2) is 11.9. The minimum Gasteiger partial charge on any atom is -0.476 e. The van der Waals surface area contributed by atoms with Gasteiger partial charge in [-0.2, -0.15) is 5.26 Å². The van der Waals surface area contributed by atoms with Crippen molar-refractivity contribution in [2.24, 2.45) is 0 Å². The molecule has 1 aliphatic carbocycles. The largest absolute Gasteiger partial charge is 0.476 e. The molecule has 45 heavy (non-hydrogen) atoms. The van der Waals surface area contributed by atoms with E-state index in [0.717, 1.165) is 41.5 Å². The lowest BCUT2D eigenvalue weighted by atomic mass is 9.85. The van der Waals surface area contributed by atoms with Crippen LogP contribution >= 0.6 is 11.6 Å². The van der Waals surface area contributed by atoms with Gasteiger partial charge in [0.05, 0.1) is 41.3 Å². The van der Waals surface area contributed by atoms with E-state index in [-0.39, 0.29) is 31.2 Å². The van der Waals surface area contributed by atoms with Crippen molar-refractivity contribution in [3.63, 3.8) is 0 Å². The molecule has 0 bridgehead atoms. The summed E-state index contributed by atoms with van der Waals surface area (Å²) >= 11 is 7.09. The lowest BCUT2D eigenvalue weighted by Crippen LogP contribution is -2.63. The van der Waals surface area contributed by atoms with Crippen LogP contribution in [0.15, 0.2) is 42.7 Å². The Bertz CT molecular complexity index is 1740. The van der Waals surface area contributed by atoms with E-state index >= 15 is 0 Å². The Labute approximate surface area is 267 Å². The fourth-order valence-electron chi connectivity index (χ4n) is 7.88. The predicted molar refractivity (Wildman–Crippen MR) is 171 cm³/mol. The number of aromatic nitrogens is 1. The lowest BCUT2D eigenvalue weighted by molar-refractivity contribution is -0.130. The van der Waals surface area contributed by atoms with Gasteiger partial charge in [-0.25, -0.2) is 13.8 Å². The number of carbonyl (C=O) groups is 1. The zero-order chi connectivity index (χ0) is 31.4. The zero-order valence-electron chi connectivity index (χ0n) is 25.4. The number of hydrogen-bond acceptors (Lipinski definition) is 6. The number of amides is 1. The van der Waals surface area contributed by atoms with Crippen LogP contribution in [0.5, 0.6) is 5.88 Å². The number of benzene rings is 2. The van der Waals surface area contributed by atoms with Gasteiger partial charge in [-0.3, -0.25) is 9.69 Å². The van der Waals surface area contributed by atoms with Crippen molar-refractivity contribution in [3.05, 3.63) is 64.5 Å². The summed E-state index contributed by atoms with van der Waals surface area (Å²) in [7, 11) is 1.89. The second-order valence-corrected chi connectivity index (χ2v) is 13.2. The normalized spacial score (nSPS) is 24.2. The maximum Gasteiger partial charge on any atom is 0.282 e. The maximum atomic E-state index is 14.2. The van der Waals surface area contributed by atoms with Crippen molar-refractivity contribution < 1.29 is 18.3 Å². The highest BCUT2D eigenvalue weighted by Gasteiger charge is 2.50. The third-order valence-corrected chi connectivity index (χ3v) is 10.5. The number of aryl methyl sites for hydroxylation is 1. The SMILES string of the molecule is C=C(F)C(=O)N1CC[C@@H]2[C@H]1CN2c1c(CC#N)c(OC[C@@H]2C[C@@H](F)CN2C)nc2cc(-c3cccc4c3CCCC4)c(Cl)cc12. The summed E-state index contributed by atoms with van der Waals surface area (Å²) in [4.78, 5) is 23.2. The number of halogens is 3. The van der Waals surface area contributed by atoms with Crippen LogP contribution in [0.25, 0.3) is 22.0 Å². The third kappa shape index (κ3) is 5.22. The van der Waals surface area contributed by atoms with Crippen LogP contribution in [0, 0.1) is 11.3 Å². The molecule has 234 valence electrons. The smallest absolute Gasteiger partial charge is 0.282 e. The molecule has 4 atom stereocenters. The number of rotatable bonds is 7. The van der Waals surface area contributed by atoms with Gasteiger partial charge in [-0.15, -0.1) is 0 Å². The number of alkyl halides is 1. The first kappa shape index (κ1) is 29.9. The van der Waals surface area contributed by atoms with Gasteiger partial charge in [0, 0.05) is 41.6 Å². The lowest BCUT2D eigenvalue weighted by Gasteiger charge is -2.49. The standard InChI is InChI=1S/C35H36ClF2N5O2/c1-20(37)35(44)42-13-11-31-32(42)18-43(31)33-26(10-12-39)34(45-19-23-14-22(38)17-41(23)2)40-30-16-27(29(36)15-28(30)33)25-9-5-7-21-6-3-4-8-24(21)25/h5,7,9,15-16,22-23,31-32H,1,3-4,6,8,10-11,13-14,17-19H2,2H3/t22-,23+,31-,32-/m1/s1. The Morgan fingerprint density at radius 2 is 2.02 bits per heavy atom. The zero-order valence-corrected chi connectivity index (χ0v) is 26.1. The number of ether oxygens (including phenoxy) is 1. The topological polar surface area (TPSA) is 72.7 Å². The molecule has 10 heteroatoms. The first-order chi connectivity index (χ1) is 21.7. The number of likely N-dealkylation sites (N-methyl/N-ethyl adjacent to an activating group) is 1. The summed E-state index contributed by atoms with van der Waals surface area (Å²) in [6.07, 6.45) is 4.53. The van der Waals surface area contributed by atoms with Gasteiger partial charge in [-0.1, -0.05) is 36.4 Å². The third-order valence-electron chi connectivity index (χ3n) is 10.2. The molecule has 0 spiro atoms. The molecule has 7 rings (SSSR count). The van der Waals surface area contributed by atoms with E-state index in [2.05, 4.69) is 35.7 Å². The molecule has 1 amide bonds. The number of hydrogen-bond donors (Lipinski definition) is 0.